The molecular formula is C53H61BrFN14O6P. The molecule has 3 aromatic heterocycles. The SMILES string of the molecule is COc1cc(N2CCN(C3CC4(CCN(C5CN(c6cc7c(cc6F)C(=O)N(C6CCC(O)NC6O)C7=O)C5)CC4)C3)CC2)c(-c2cnn(C)c2)cc1Nc1ncc(Br)c(Nc2ccc3nccnc3c2P(C)(C)=O)n1. The molecule has 6 aliphatic rings. The topological polar surface area (TPSA) is 223 Å². The van der Waals surface area contributed by atoms with Crippen LogP contribution in [0.25, 0.3) is 22.2 Å². The highest BCUT2D eigenvalue weighted by Crippen LogP contribution is 2.52. The summed E-state index contributed by atoms with van der Waals surface area (Å²) >= 11 is 3.61. The van der Waals surface area contributed by atoms with Crippen LogP contribution in [0.15, 0.2) is 71.9 Å². The Bertz CT molecular complexity index is 3310. The van der Waals surface area contributed by atoms with E-state index in [0.717, 1.165) is 79.9 Å². The minimum absolute atomic E-state index is 0.00937. The lowest BCUT2D eigenvalue weighted by atomic mass is 9.59. The largest absolute Gasteiger partial charge is 0.494 e. The van der Waals surface area contributed by atoms with Gasteiger partial charge < -0.3 is 39.9 Å². The molecule has 23 heteroatoms. The lowest BCUT2D eigenvalue weighted by Gasteiger charge is -2.58. The first-order valence-electron chi connectivity index (χ1n) is 25.9. The Morgan fingerprint density at radius 1 is 0.829 bits per heavy atom. The van der Waals surface area contributed by atoms with E-state index in [0.29, 0.717) is 79.9 Å². The molecule has 1 aliphatic carbocycles. The molecule has 76 heavy (non-hydrogen) atoms. The summed E-state index contributed by atoms with van der Waals surface area (Å²) in [4.78, 5) is 55.8. The van der Waals surface area contributed by atoms with Gasteiger partial charge in [0.25, 0.3) is 11.8 Å². The fourth-order valence-electron chi connectivity index (χ4n) is 12.5. The Hall–Kier alpha value is -6.13. The standard InChI is InChI=1S/C53H61BrFN14O6P/c1-64-27-30(25-59-64)33-20-40(61-52-58-26-36(54)48(63-52)60-39-6-5-38-46(57-12-11-56-38)47(39)76(3,4)74)44(75-2)22-42(33)67-17-15-66(16-18-67)31-23-53(24-31)9-13-65(14-10-53)32-28-68(29-32)43-21-35-34(19-37(43)55)50(72)69(51(35)73)41-7-8-45(70)62-49(41)71/h5-6,11-12,19-22,25-27,31-32,41,45,49,62,70-71H,7-10,13-18,23-24,28-29H2,1-4H3,(H2,58,60,61,63). The number of aliphatic hydroxyl groups is 2. The molecule has 3 unspecified atom stereocenters. The lowest BCUT2D eigenvalue weighted by molar-refractivity contribution is -0.0529. The number of nitrogens with one attached hydrogen (secondary N) is 3. The molecule has 2 amide bonds. The Morgan fingerprint density at radius 3 is 2.25 bits per heavy atom. The van der Waals surface area contributed by atoms with E-state index < -0.39 is 43.3 Å². The highest BCUT2D eigenvalue weighted by atomic mass is 79.9. The first kappa shape index (κ1) is 50.7. The summed E-state index contributed by atoms with van der Waals surface area (Å²) in [6, 6.07) is 10.5. The van der Waals surface area contributed by atoms with Crippen molar-refractivity contribution in [3.8, 4) is 16.9 Å². The lowest BCUT2D eigenvalue weighted by Crippen LogP contribution is -2.64. The van der Waals surface area contributed by atoms with Crippen molar-refractivity contribution in [1.82, 2.24) is 49.7 Å². The van der Waals surface area contributed by atoms with Crippen molar-refractivity contribution >= 4 is 85.7 Å². The zero-order chi connectivity index (χ0) is 52.8. The number of anilines is 6. The molecule has 20 nitrogen and oxygen atoms in total. The Morgan fingerprint density at radius 2 is 1.55 bits per heavy atom. The number of halogens is 2. The molecule has 3 atom stereocenters. The number of aryl methyl sites for hydroxylation is 1. The van der Waals surface area contributed by atoms with E-state index in [4.69, 9.17) is 9.72 Å². The number of carbonyl (C=O) groups is 2. The van der Waals surface area contributed by atoms with Crippen LogP contribution in [0.4, 0.5) is 38.9 Å². The van der Waals surface area contributed by atoms with E-state index in [1.165, 1.54) is 18.9 Å². The van der Waals surface area contributed by atoms with E-state index in [-0.39, 0.29) is 30.0 Å². The number of carbonyl (C=O) groups excluding carboxylic acids is 2. The van der Waals surface area contributed by atoms with E-state index in [1.807, 2.05) is 36.5 Å². The zero-order valence-corrected chi connectivity index (χ0v) is 45.3. The van der Waals surface area contributed by atoms with Crippen molar-refractivity contribution in [2.24, 2.45) is 12.5 Å². The Labute approximate surface area is 447 Å². The van der Waals surface area contributed by atoms with Gasteiger partial charge in [-0.05, 0) is 117 Å². The molecule has 8 heterocycles. The predicted octanol–water partition coefficient (Wildman–Crippen LogP) is 5.71. The van der Waals surface area contributed by atoms with Gasteiger partial charge in [-0.3, -0.25) is 44.3 Å². The molecule has 12 rings (SSSR count). The minimum atomic E-state index is -2.82. The first-order valence-corrected chi connectivity index (χ1v) is 29.3. The quantitative estimate of drug-likeness (QED) is 0.0732. The van der Waals surface area contributed by atoms with Gasteiger partial charge in [-0.15, -0.1) is 0 Å². The summed E-state index contributed by atoms with van der Waals surface area (Å²) in [5.41, 5.74) is 6.38. The first-order chi connectivity index (χ1) is 36.5. The van der Waals surface area contributed by atoms with Crippen LogP contribution < -0.4 is 35.8 Å². The van der Waals surface area contributed by atoms with E-state index in [1.54, 1.807) is 43.7 Å². The number of likely N-dealkylation sites (tertiary alicyclic amines) is 1. The number of hydrogen-bond acceptors (Lipinski definition) is 18. The van der Waals surface area contributed by atoms with Gasteiger partial charge in [-0.2, -0.15) is 10.1 Å². The smallest absolute Gasteiger partial charge is 0.262 e. The number of rotatable bonds is 12. The number of fused-ring (bicyclic) bond motifs is 2. The summed E-state index contributed by atoms with van der Waals surface area (Å²) in [7, 11) is 0.756. The number of benzene rings is 3. The van der Waals surface area contributed by atoms with Gasteiger partial charge in [0.1, 0.15) is 42.5 Å². The molecule has 5 aliphatic heterocycles. The number of hydrogen-bond donors (Lipinski definition) is 5. The third kappa shape index (κ3) is 9.28. The molecule has 5 fully saturated rings. The third-order valence-electron chi connectivity index (χ3n) is 16.6. The van der Waals surface area contributed by atoms with Crippen LogP contribution in [0.1, 0.15) is 59.2 Å². The third-order valence-corrected chi connectivity index (χ3v) is 18.7. The molecule has 1 saturated carbocycles. The summed E-state index contributed by atoms with van der Waals surface area (Å²) in [5.74, 6) is -0.270. The minimum Gasteiger partial charge on any atom is -0.494 e. The van der Waals surface area contributed by atoms with Crippen molar-refractivity contribution in [3.63, 3.8) is 0 Å². The summed E-state index contributed by atoms with van der Waals surface area (Å²) < 4.78 is 37.7. The van der Waals surface area contributed by atoms with Crippen LogP contribution in [-0.2, 0) is 11.6 Å². The molecule has 4 saturated heterocycles. The average molecular weight is 1120 g/mol. The number of nitrogens with zero attached hydrogens (tertiary/aromatic N) is 11. The molecular weight excluding hydrogens is 1060 g/mol. The van der Waals surface area contributed by atoms with Gasteiger partial charge in [-0.25, -0.2) is 9.37 Å². The van der Waals surface area contributed by atoms with Crippen LogP contribution in [0.3, 0.4) is 0 Å². The number of amides is 2. The zero-order valence-electron chi connectivity index (χ0n) is 42.8. The highest BCUT2D eigenvalue weighted by molar-refractivity contribution is 9.10. The van der Waals surface area contributed by atoms with Crippen LogP contribution in [-0.4, -0.2) is 170 Å². The Kier molecular flexibility index (Phi) is 13.1. The van der Waals surface area contributed by atoms with Gasteiger partial charge in [-0.1, -0.05) is 0 Å². The maximum atomic E-state index is 15.6. The van der Waals surface area contributed by atoms with Gasteiger partial charge >= 0.3 is 0 Å². The van der Waals surface area contributed by atoms with E-state index in [9.17, 15) is 24.4 Å². The van der Waals surface area contributed by atoms with Gasteiger partial charge in [0.15, 0.2) is 0 Å². The average Bonchev–Trinajstić information content (AvgIpc) is 3.95. The van der Waals surface area contributed by atoms with Crippen LogP contribution in [0.2, 0.25) is 0 Å². The van der Waals surface area contributed by atoms with Crippen molar-refractivity contribution < 1.29 is 33.5 Å². The summed E-state index contributed by atoms with van der Waals surface area (Å²) in [5, 5.41) is 34.9. The molecule has 5 N–H and O–H groups in total. The van der Waals surface area contributed by atoms with Crippen molar-refractivity contribution in [2.75, 3.05) is 93.2 Å². The predicted molar refractivity (Wildman–Crippen MR) is 291 cm³/mol. The normalized spacial score (nSPS) is 22.5. The fraction of sp³-hybridized carbons (Fsp3) is 0.453. The molecule has 0 bridgehead atoms. The molecule has 0 radical (unpaired) electrons. The second-order valence-corrected chi connectivity index (χ2v) is 25.6. The number of imide groups is 1. The van der Waals surface area contributed by atoms with Gasteiger partial charge in [0.2, 0.25) is 5.95 Å². The fourth-order valence-corrected chi connectivity index (χ4v) is 14.1. The number of ether oxygens (including phenoxy) is 1. The van der Waals surface area contributed by atoms with Crippen molar-refractivity contribution in [2.45, 2.75) is 69.1 Å². The Balaban J connectivity index is 0.666. The van der Waals surface area contributed by atoms with Crippen molar-refractivity contribution in [3.05, 3.63) is 88.8 Å². The highest BCUT2D eigenvalue weighted by Gasteiger charge is 2.50. The van der Waals surface area contributed by atoms with Gasteiger partial charge in [0.05, 0.1) is 62.8 Å². The number of methoxy groups -OCH3 is 1. The van der Waals surface area contributed by atoms with E-state index >= 15 is 4.39 Å². The maximum absolute atomic E-state index is 15.6. The second kappa shape index (κ2) is 19.7. The van der Waals surface area contributed by atoms with Crippen LogP contribution >= 0.6 is 23.1 Å². The monoisotopic (exact) mass is 1120 g/mol. The summed E-state index contributed by atoms with van der Waals surface area (Å²) in [6.07, 6.45) is 11.8. The second-order valence-electron chi connectivity index (χ2n) is 21.6. The number of piperazine rings is 1. The number of aromatic nitrogens is 6. The molecule has 3 aromatic carbocycles. The van der Waals surface area contributed by atoms with Crippen LogP contribution in [0, 0.1) is 11.2 Å². The van der Waals surface area contributed by atoms with Crippen LogP contribution in [0.5, 0.6) is 5.75 Å². The number of piperidine rings is 2. The molecule has 1 spiro atoms. The van der Waals surface area contributed by atoms with E-state index in [2.05, 4.69) is 78.8 Å². The molecule has 398 valence electrons. The van der Waals surface area contributed by atoms with Crippen molar-refractivity contribution in [1.29, 1.82) is 0 Å². The van der Waals surface area contributed by atoms with Gasteiger partial charge in [0, 0.05) is 106 Å². The molecule has 6 aromatic rings. The number of aliphatic hydroxyl groups excluding tert-OH is 2. The summed E-state index contributed by atoms with van der Waals surface area (Å²) in [6.45, 7) is 10.3. The maximum Gasteiger partial charge on any atom is 0.262 e.